The van der Waals surface area contributed by atoms with Gasteiger partial charge in [0, 0.05) is 12.1 Å². The third kappa shape index (κ3) is 5.87. The largest absolute Gasteiger partial charge is 0.573 e. The molecule has 7 nitrogen and oxygen atoms in total. The molecule has 10 heteroatoms. The van der Waals surface area contributed by atoms with Crippen LogP contribution in [0.15, 0.2) is 30.5 Å². The highest BCUT2D eigenvalue weighted by Crippen LogP contribution is 2.32. The molecule has 4 rings (SSSR count). The van der Waals surface area contributed by atoms with E-state index in [0.29, 0.717) is 42.4 Å². The lowest BCUT2D eigenvalue weighted by Gasteiger charge is -2.28. The Balaban J connectivity index is 1.57. The maximum atomic E-state index is 12.8. The van der Waals surface area contributed by atoms with Gasteiger partial charge in [0.1, 0.15) is 17.1 Å². The van der Waals surface area contributed by atoms with Crippen LogP contribution in [-0.4, -0.2) is 46.0 Å². The average molecular weight is 450 g/mol. The van der Waals surface area contributed by atoms with Gasteiger partial charge in [-0.2, -0.15) is 0 Å². The average Bonchev–Trinajstić information content (AvgIpc) is 3.58. The Kier molecular flexibility index (Phi) is 6.50. The summed E-state index contributed by atoms with van der Waals surface area (Å²) in [6.07, 6.45) is 1.42. The van der Waals surface area contributed by atoms with Crippen LogP contribution < -0.4 is 15.4 Å². The van der Waals surface area contributed by atoms with Crippen LogP contribution in [0, 0.1) is 5.92 Å². The number of aliphatic hydroxyl groups is 1. The molecule has 3 N–H and O–H groups in total. The highest BCUT2D eigenvalue weighted by atomic mass is 19.4. The Hall–Kier alpha value is -2.88. The maximum Gasteiger partial charge on any atom is 0.573 e. The molecule has 1 heterocycles. The monoisotopic (exact) mass is 450 g/mol. The van der Waals surface area contributed by atoms with Gasteiger partial charge < -0.3 is 20.5 Å². The van der Waals surface area contributed by atoms with Gasteiger partial charge in [-0.3, -0.25) is 4.79 Å². The molecule has 0 radical (unpaired) electrons. The first kappa shape index (κ1) is 22.3. The summed E-state index contributed by atoms with van der Waals surface area (Å²) in [6.45, 7) is 0.705. The number of ether oxygens (including phenoxy) is 1. The molecule has 32 heavy (non-hydrogen) atoms. The minimum Gasteiger partial charge on any atom is -0.406 e. The molecule has 0 aliphatic heterocycles. The van der Waals surface area contributed by atoms with Crippen molar-refractivity contribution in [3.63, 3.8) is 0 Å². The summed E-state index contributed by atoms with van der Waals surface area (Å²) >= 11 is 0. The van der Waals surface area contributed by atoms with Gasteiger partial charge in [-0.15, -0.1) is 13.2 Å². The lowest BCUT2D eigenvalue weighted by Crippen LogP contribution is -2.45. The van der Waals surface area contributed by atoms with E-state index in [1.807, 2.05) is 0 Å². The van der Waals surface area contributed by atoms with Crippen LogP contribution in [0.4, 0.5) is 19.0 Å². The number of amides is 1. The predicted octanol–water partition coefficient (Wildman–Crippen LogP) is 3.90. The van der Waals surface area contributed by atoms with E-state index in [0.717, 1.165) is 25.7 Å². The third-order valence-corrected chi connectivity index (χ3v) is 5.67. The second kappa shape index (κ2) is 9.32. The number of halogens is 3. The lowest BCUT2D eigenvalue weighted by atomic mass is 9.92. The summed E-state index contributed by atoms with van der Waals surface area (Å²) in [5.41, 5.74) is 0.934. The minimum absolute atomic E-state index is 0.0744. The van der Waals surface area contributed by atoms with Gasteiger partial charge in [0.2, 0.25) is 0 Å². The van der Waals surface area contributed by atoms with Gasteiger partial charge in [0.05, 0.1) is 18.3 Å². The summed E-state index contributed by atoms with van der Waals surface area (Å²) < 4.78 is 41.3. The van der Waals surface area contributed by atoms with E-state index in [1.54, 1.807) is 0 Å². The molecule has 2 aromatic rings. The summed E-state index contributed by atoms with van der Waals surface area (Å²) in [4.78, 5) is 21.6. The number of benzene rings is 1. The quantitative estimate of drug-likeness (QED) is 0.592. The number of carbonyl (C=O) groups excluding carboxylic acids is 1. The predicted molar refractivity (Wildman–Crippen MR) is 111 cm³/mol. The number of nitrogens with zero attached hydrogens (tertiary/aromatic N) is 2. The van der Waals surface area contributed by atoms with Crippen LogP contribution in [0.2, 0.25) is 0 Å². The molecule has 0 spiro atoms. The number of rotatable bonds is 7. The minimum atomic E-state index is -4.78. The van der Waals surface area contributed by atoms with E-state index in [9.17, 15) is 23.1 Å². The molecule has 2 saturated carbocycles. The number of hydrogen-bond donors (Lipinski definition) is 3. The second-order valence-electron chi connectivity index (χ2n) is 8.28. The Morgan fingerprint density at radius 2 is 1.84 bits per heavy atom. The molecule has 2 fully saturated rings. The van der Waals surface area contributed by atoms with Crippen molar-refractivity contribution in [2.45, 2.75) is 57.0 Å². The number of aliphatic hydroxyl groups excluding tert-OH is 1. The van der Waals surface area contributed by atoms with E-state index in [2.05, 4.69) is 25.3 Å². The van der Waals surface area contributed by atoms with Crippen molar-refractivity contribution in [2.24, 2.45) is 5.92 Å². The molecule has 0 saturated heterocycles. The summed E-state index contributed by atoms with van der Waals surface area (Å²) in [6, 6.07) is 4.94. The number of aromatic nitrogens is 2. The van der Waals surface area contributed by atoms with Crippen molar-refractivity contribution in [3.8, 4) is 17.0 Å². The van der Waals surface area contributed by atoms with Gasteiger partial charge in [-0.1, -0.05) is 12.8 Å². The van der Waals surface area contributed by atoms with Crippen LogP contribution in [0.1, 0.15) is 49.0 Å². The fourth-order valence-corrected chi connectivity index (χ4v) is 3.73. The van der Waals surface area contributed by atoms with E-state index in [4.69, 9.17) is 0 Å². The summed E-state index contributed by atoms with van der Waals surface area (Å²) in [5.74, 6) is 0.218. The Bertz CT molecular complexity index is 948. The van der Waals surface area contributed by atoms with Gasteiger partial charge in [-0.05, 0) is 55.9 Å². The molecular formula is C22H25F3N4O3. The van der Waals surface area contributed by atoms with Crippen LogP contribution in [0.25, 0.3) is 11.3 Å². The van der Waals surface area contributed by atoms with Crippen molar-refractivity contribution in [3.05, 3.63) is 36.2 Å². The first-order valence-corrected chi connectivity index (χ1v) is 10.7. The first-order valence-electron chi connectivity index (χ1n) is 10.7. The van der Waals surface area contributed by atoms with Gasteiger partial charge in [0.25, 0.3) is 5.91 Å². The van der Waals surface area contributed by atoms with Crippen molar-refractivity contribution >= 4 is 11.7 Å². The third-order valence-electron chi connectivity index (χ3n) is 5.67. The second-order valence-corrected chi connectivity index (χ2v) is 8.28. The number of carbonyl (C=O) groups is 1. The van der Waals surface area contributed by atoms with E-state index >= 15 is 0 Å². The fraction of sp³-hybridized carbons (Fsp3) is 0.500. The molecule has 1 amide bonds. The van der Waals surface area contributed by atoms with Crippen molar-refractivity contribution in [1.82, 2.24) is 15.3 Å². The molecule has 0 bridgehead atoms. The van der Waals surface area contributed by atoms with Gasteiger partial charge >= 0.3 is 6.36 Å². The molecule has 2 aliphatic rings. The molecule has 1 aromatic carbocycles. The highest BCUT2D eigenvalue weighted by Gasteiger charge is 2.31. The Morgan fingerprint density at radius 3 is 2.50 bits per heavy atom. The van der Waals surface area contributed by atoms with Crippen molar-refractivity contribution < 1.29 is 27.8 Å². The molecule has 1 aromatic heterocycles. The molecule has 2 atom stereocenters. The van der Waals surface area contributed by atoms with Crippen LogP contribution in [-0.2, 0) is 0 Å². The standard InChI is InChI=1S/C22H25F3N4O3/c23-22(24,25)32-15-9-7-14(8-10-15)19-20(26-11-13-5-6-13)27-12-17(28-19)21(31)29-16-3-1-2-4-18(16)30/h7-10,12-13,16,18,30H,1-6,11H2,(H,26,27)(H,29,31)/t16-,18-/m1/s1. The highest BCUT2D eigenvalue weighted by molar-refractivity contribution is 5.93. The van der Waals surface area contributed by atoms with Crippen LogP contribution in [0.3, 0.4) is 0 Å². The van der Waals surface area contributed by atoms with E-state index in [-0.39, 0.29) is 17.5 Å². The topological polar surface area (TPSA) is 96.4 Å². The zero-order chi connectivity index (χ0) is 22.7. The Labute approximate surface area is 183 Å². The SMILES string of the molecule is O=C(N[C@@H]1CCCC[C@H]1O)c1cnc(NCC2CC2)c(-c2ccc(OC(F)(F)F)cc2)n1. The van der Waals surface area contributed by atoms with E-state index in [1.165, 1.54) is 30.5 Å². The molecular weight excluding hydrogens is 425 g/mol. The zero-order valence-corrected chi connectivity index (χ0v) is 17.4. The van der Waals surface area contributed by atoms with Crippen molar-refractivity contribution in [1.29, 1.82) is 0 Å². The first-order chi connectivity index (χ1) is 15.3. The van der Waals surface area contributed by atoms with Crippen LogP contribution >= 0.6 is 0 Å². The number of hydrogen-bond acceptors (Lipinski definition) is 6. The molecule has 2 aliphatic carbocycles. The number of alkyl halides is 3. The Morgan fingerprint density at radius 1 is 1.12 bits per heavy atom. The molecule has 0 unspecified atom stereocenters. The lowest BCUT2D eigenvalue weighted by molar-refractivity contribution is -0.274. The summed E-state index contributed by atoms with van der Waals surface area (Å²) in [7, 11) is 0. The smallest absolute Gasteiger partial charge is 0.406 e. The zero-order valence-electron chi connectivity index (χ0n) is 17.4. The fourth-order valence-electron chi connectivity index (χ4n) is 3.73. The number of anilines is 1. The molecule has 172 valence electrons. The number of nitrogens with one attached hydrogen (secondary N) is 2. The maximum absolute atomic E-state index is 12.8. The van der Waals surface area contributed by atoms with Crippen molar-refractivity contribution in [2.75, 3.05) is 11.9 Å². The normalized spacial score (nSPS) is 21.1. The summed E-state index contributed by atoms with van der Waals surface area (Å²) in [5, 5.41) is 16.2. The van der Waals surface area contributed by atoms with Gasteiger partial charge in [0.15, 0.2) is 5.82 Å². The van der Waals surface area contributed by atoms with Gasteiger partial charge in [-0.25, -0.2) is 9.97 Å². The van der Waals surface area contributed by atoms with E-state index < -0.39 is 18.4 Å². The van der Waals surface area contributed by atoms with Crippen LogP contribution in [0.5, 0.6) is 5.75 Å².